The molecular formula is C5H7ClO3. The van der Waals surface area contributed by atoms with E-state index in [0.717, 1.165) is 0 Å². The largest absolute Gasteiger partial charge is 0.461 e. The summed E-state index contributed by atoms with van der Waals surface area (Å²) in [5.74, 6) is -0.299. The second-order valence-electron chi connectivity index (χ2n) is 1.92. The lowest BCUT2D eigenvalue weighted by molar-refractivity contribution is -0.137. The summed E-state index contributed by atoms with van der Waals surface area (Å²) >= 11 is 5.68. The number of carbonyl (C=O) groups is 1. The van der Waals surface area contributed by atoms with Crippen molar-refractivity contribution >= 4 is 17.6 Å². The van der Waals surface area contributed by atoms with E-state index in [0.29, 0.717) is 0 Å². The van der Waals surface area contributed by atoms with Gasteiger partial charge in [0, 0.05) is 7.11 Å². The summed E-state index contributed by atoms with van der Waals surface area (Å²) in [4.78, 5) is 10.4. The van der Waals surface area contributed by atoms with Crippen molar-refractivity contribution in [2.24, 2.45) is 0 Å². The molecule has 0 spiro atoms. The van der Waals surface area contributed by atoms with Crippen LogP contribution >= 0.6 is 11.6 Å². The molecule has 0 aliphatic carbocycles. The van der Waals surface area contributed by atoms with E-state index in [4.69, 9.17) is 16.3 Å². The molecule has 1 rings (SSSR count). The number of cyclic esters (lactones) is 1. The van der Waals surface area contributed by atoms with E-state index < -0.39 is 5.06 Å². The van der Waals surface area contributed by atoms with Crippen molar-refractivity contribution in [2.45, 2.75) is 11.5 Å². The number of halogens is 1. The highest BCUT2D eigenvalue weighted by molar-refractivity contribution is 6.24. The highest BCUT2D eigenvalue weighted by atomic mass is 35.5. The molecule has 1 aliphatic rings. The molecule has 0 N–H and O–H groups in total. The average molecular weight is 151 g/mol. The number of hydrogen-bond donors (Lipinski definition) is 0. The quantitative estimate of drug-likeness (QED) is 0.404. The molecule has 0 radical (unpaired) electrons. The van der Waals surface area contributed by atoms with E-state index in [1.165, 1.54) is 7.11 Å². The normalized spacial score (nSPS) is 34.7. The Morgan fingerprint density at radius 2 is 2.56 bits per heavy atom. The van der Waals surface area contributed by atoms with Gasteiger partial charge < -0.3 is 9.47 Å². The van der Waals surface area contributed by atoms with E-state index >= 15 is 0 Å². The molecule has 0 aromatic heterocycles. The minimum atomic E-state index is -0.892. The van der Waals surface area contributed by atoms with Crippen molar-refractivity contribution in [3.05, 3.63) is 0 Å². The Balaban J connectivity index is 2.54. The highest BCUT2D eigenvalue weighted by Gasteiger charge is 2.38. The van der Waals surface area contributed by atoms with Crippen LogP contribution in [0.2, 0.25) is 0 Å². The molecule has 0 amide bonds. The Hall–Kier alpha value is -0.280. The van der Waals surface area contributed by atoms with Gasteiger partial charge in [-0.3, -0.25) is 4.79 Å². The number of esters is 1. The Kier molecular flexibility index (Phi) is 1.64. The molecule has 52 valence electrons. The Morgan fingerprint density at radius 3 is 2.78 bits per heavy atom. The van der Waals surface area contributed by atoms with E-state index in [2.05, 4.69) is 4.74 Å². The second kappa shape index (κ2) is 2.15. The molecule has 4 heteroatoms. The molecule has 0 aromatic rings. The van der Waals surface area contributed by atoms with Crippen LogP contribution in [0.3, 0.4) is 0 Å². The van der Waals surface area contributed by atoms with Crippen LogP contribution < -0.4 is 0 Å². The lowest BCUT2D eigenvalue weighted by atomic mass is 10.3. The van der Waals surface area contributed by atoms with Gasteiger partial charge in [0.2, 0.25) is 0 Å². The van der Waals surface area contributed by atoms with Crippen molar-refractivity contribution in [1.29, 1.82) is 0 Å². The van der Waals surface area contributed by atoms with Crippen molar-refractivity contribution < 1.29 is 14.3 Å². The van der Waals surface area contributed by atoms with Crippen LogP contribution in [-0.2, 0) is 14.3 Å². The van der Waals surface area contributed by atoms with E-state index in [-0.39, 0.29) is 19.0 Å². The molecule has 3 nitrogen and oxygen atoms in total. The lowest BCUT2D eigenvalue weighted by Crippen LogP contribution is -2.23. The number of ether oxygens (including phenoxy) is 2. The number of carbonyl (C=O) groups excluding carboxylic acids is 1. The first-order valence-electron chi connectivity index (χ1n) is 2.56. The lowest BCUT2D eigenvalue weighted by Gasteiger charge is -2.13. The van der Waals surface area contributed by atoms with Crippen LogP contribution in [0.15, 0.2) is 0 Å². The van der Waals surface area contributed by atoms with Gasteiger partial charge in [-0.15, -0.1) is 0 Å². The first kappa shape index (κ1) is 6.83. The number of methoxy groups -OCH3 is 1. The molecule has 1 saturated heterocycles. The predicted molar refractivity (Wildman–Crippen MR) is 31.2 cm³/mol. The zero-order valence-electron chi connectivity index (χ0n) is 5.02. The maximum atomic E-state index is 10.4. The van der Waals surface area contributed by atoms with Crippen LogP contribution in [0.4, 0.5) is 0 Å². The first-order valence-corrected chi connectivity index (χ1v) is 2.94. The van der Waals surface area contributed by atoms with Crippen molar-refractivity contribution in [1.82, 2.24) is 0 Å². The summed E-state index contributed by atoms with van der Waals surface area (Å²) in [6.07, 6.45) is 0.144. The Labute approximate surface area is 57.9 Å². The zero-order valence-corrected chi connectivity index (χ0v) is 5.77. The van der Waals surface area contributed by atoms with Gasteiger partial charge in [0.15, 0.2) is 5.06 Å². The molecule has 9 heavy (non-hydrogen) atoms. The second-order valence-corrected chi connectivity index (χ2v) is 2.61. The smallest absolute Gasteiger partial charge is 0.310 e. The predicted octanol–water partition coefficient (Wildman–Crippen LogP) is 0.515. The Bertz CT molecular complexity index is 136. The molecule has 0 aromatic carbocycles. The molecule has 1 aliphatic heterocycles. The summed E-state index contributed by atoms with van der Waals surface area (Å²) < 4.78 is 9.35. The van der Waals surface area contributed by atoms with Crippen molar-refractivity contribution in [2.75, 3.05) is 13.7 Å². The number of rotatable bonds is 1. The van der Waals surface area contributed by atoms with Crippen LogP contribution in [0.5, 0.6) is 0 Å². The van der Waals surface area contributed by atoms with E-state index in [9.17, 15) is 4.79 Å². The van der Waals surface area contributed by atoms with Gasteiger partial charge in [-0.05, 0) is 0 Å². The molecule has 1 atom stereocenters. The van der Waals surface area contributed by atoms with E-state index in [1.807, 2.05) is 0 Å². The standard InChI is InChI=1S/C5H7ClO3/c1-8-5(6)2-4(7)9-3-5/h2-3H2,1H3. The third kappa shape index (κ3) is 1.34. The molecular weight excluding hydrogens is 144 g/mol. The minimum absolute atomic E-state index is 0.144. The molecule has 1 unspecified atom stereocenters. The van der Waals surface area contributed by atoms with Crippen LogP contribution in [-0.4, -0.2) is 24.7 Å². The fourth-order valence-electron chi connectivity index (χ4n) is 0.637. The van der Waals surface area contributed by atoms with Crippen molar-refractivity contribution in [3.8, 4) is 0 Å². The SMILES string of the molecule is COC1(Cl)COC(=O)C1. The average Bonchev–Trinajstić information content (AvgIpc) is 2.13. The van der Waals surface area contributed by atoms with Gasteiger partial charge in [-0.25, -0.2) is 0 Å². The topological polar surface area (TPSA) is 35.5 Å². The number of hydrogen-bond acceptors (Lipinski definition) is 3. The van der Waals surface area contributed by atoms with Crippen LogP contribution in [0.25, 0.3) is 0 Å². The van der Waals surface area contributed by atoms with Crippen molar-refractivity contribution in [3.63, 3.8) is 0 Å². The molecule has 0 saturated carbocycles. The van der Waals surface area contributed by atoms with Gasteiger partial charge in [0.25, 0.3) is 0 Å². The monoisotopic (exact) mass is 150 g/mol. The summed E-state index contributed by atoms with van der Waals surface area (Å²) in [7, 11) is 1.45. The first-order chi connectivity index (χ1) is 4.16. The van der Waals surface area contributed by atoms with Gasteiger partial charge in [-0.2, -0.15) is 0 Å². The third-order valence-corrected chi connectivity index (χ3v) is 1.62. The zero-order chi connectivity index (χ0) is 6.91. The summed E-state index contributed by atoms with van der Waals surface area (Å²) in [6.45, 7) is 0.157. The van der Waals surface area contributed by atoms with Gasteiger partial charge in [0.05, 0.1) is 6.42 Å². The maximum absolute atomic E-state index is 10.4. The fraction of sp³-hybridized carbons (Fsp3) is 0.800. The van der Waals surface area contributed by atoms with E-state index in [1.54, 1.807) is 0 Å². The molecule has 1 heterocycles. The van der Waals surface area contributed by atoms with Crippen LogP contribution in [0, 0.1) is 0 Å². The fourth-order valence-corrected chi connectivity index (χ4v) is 0.801. The highest BCUT2D eigenvalue weighted by Crippen LogP contribution is 2.27. The van der Waals surface area contributed by atoms with Crippen LogP contribution in [0.1, 0.15) is 6.42 Å². The summed E-state index contributed by atoms with van der Waals surface area (Å²) in [5, 5.41) is -0.892. The number of alkyl halides is 1. The maximum Gasteiger partial charge on any atom is 0.310 e. The summed E-state index contributed by atoms with van der Waals surface area (Å²) in [6, 6.07) is 0. The molecule has 1 fully saturated rings. The Morgan fingerprint density at radius 1 is 1.89 bits per heavy atom. The minimum Gasteiger partial charge on any atom is -0.461 e. The van der Waals surface area contributed by atoms with Gasteiger partial charge in [0.1, 0.15) is 6.61 Å². The summed E-state index contributed by atoms with van der Waals surface area (Å²) in [5.41, 5.74) is 0. The van der Waals surface area contributed by atoms with Gasteiger partial charge in [-0.1, -0.05) is 11.6 Å². The molecule has 0 bridgehead atoms. The van der Waals surface area contributed by atoms with Gasteiger partial charge >= 0.3 is 5.97 Å². The third-order valence-electron chi connectivity index (χ3n) is 1.22.